The zero-order valence-electron chi connectivity index (χ0n) is 8.84. The fraction of sp³-hybridized carbons (Fsp3) is 0.273. The lowest BCUT2D eigenvalue weighted by molar-refractivity contribution is 0.177. The molecule has 5 heteroatoms. The number of aryl methyl sites for hydroxylation is 1. The summed E-state index contributed by atoms with van der Waals surface area (Å²) in [5.41, 5.74) is 1.67. The van der Waals surface area contributed by atoms with E-state index in [1.165, 1.54) is 0 Å². The van der Waals surface area contributed by atoms with E-state index >= 15 is 0 Å². The van der Waals surface area contributed by atoms with Gasteiger partial charge in [0, 0.05) is 41.6 Å². The van der Waals surface area contributed by atoms with Crippen molar-refractivity contribution in [2.45, 2.75) is 12.5 Å². The molecule has 0 fully saturated rings. The molecule has 2 aromatic heterocycles. The van der Waals surface area contributed by atoms with Crippen molar-refractivity contribution in [3.05, 3.63) is 46.5 Å². The van der Waals surface area contributed by atoms with Gasteiger partial charge in [-0.25, -0.2) is 0 Å². The Morgan fingerprint density at radius 1 is 1.44 bits per heavy atom. The molecule has 2 rings (SSSR count). The minimum absolute atomic E-state index is 0.499. The molecule has 16 heavy (non-hydrogen) atoms. The second-order valence-electron chi connectivity index (χ2n) is 3.64. The minimum atomic E-state index is -0.553. The number of aliphatic hydroxyl groups excluding tert-OH is 1. The van der Waals surface area contributed by atoms with Crippen LogP contribution in [0.4, 0.5) is 0 Å². The van der Waals surface area contributed by atoms with Gasteiger partial charge < -0.3 is 5.11 Å². The Labute approximate surface area is 102 Å². The number of hydrogen-bond acceptors (Lipinski definition) is 3. The van der Waals surface area contributed by atoms with Gasteiger partial charge in [-0.1, -0.05) is 0 Å². The highest BCUT2D eigenvalue weighted by Crippen LogP contribution is 2.17. The Balaban J connectivity index is 2.07. The molecule has 0 bridgehead atoms. The molecule has 1 N–H and O–H groups in total. The lowest BCUT2D eigenvalue weighted by Gasteiger charge is -2.07. The average Bonchev–Trinajstić information content (AvgIpc) is 2.68. The van der Waals surface area contributed by atoms with E-state index in [2.05, 4.69) is 26.0 Å². The fourth-order valence-electron chi connectivity index (χ4n) is 1.46. The minimum Gasteiger partial charge on any atom is -0.388 e. The maximum Gasteiger partial charge on any atom is 0.0875 e. The highest BCUT2D eigenvalue weighted by atomic mass is 79.9. The summed E-state index contributed by atoms with van der Waals surface area (Å²) in [7, 11) is 1.83. The lowest BCUT2D eigenvalue weighted by atomic mass is 10.1. The molecule has 1 unspecified atom stereocenters. The van der Waals surface area contributed by atoms with Crippen LogP contribution in [0.1, 0.15) is 17.4 Å². The van der Waals surface area contributed by atoms with Gasteiger partial charge in [-0.05, 0) is 28.1 Å². The number of rotatable bonds is 3. The van der Waals surface area contributed by atoms with Gasteiger partial charge in [0.1, 0.15) is 0 Å². The van der Waals surface area contributed by atoms with Crippen LogP contribution in [-0.4, -0.2) is 19.9 Å². The Kier molecular flexibility index (Phi) is 3.36. The topological polar surface area (TPSA) is 50.9 Å². The molecule has 0 aromatic carbocycles. The predicted molar refractivity (Wildman–Crippen MR) is 63.8 cm³/mol. The molecule has 84 valence electrons. The summed E-state index contributed by atoms with van der Waals surface area (Å²) in [4.78, 5) is 4.22. The Morgan fingerprint density at radius 2 is 2.25 bits per heavy atom. The number of pyridine rings is 1. The van der Waals surface area contributed by atoms with Crippen LogP contribution in [0.2, 0.25) is 0 Å². The summed E-state index contributed by atoms with van der Waals surface area (Å²) in [6.07, 6.45) is 5.15. The van der Waals surface area contributed by atoms with Crippen LogP contribution in [0.25, 0.3) is 0 Å². The monoisotopic (exact) mass is 281 g/mol. The van der Waals surface area contributed by atoms with Crippen LogP contribution >= 0.6 is 15.9 Å². The molecule has 2 aromatic rings. The number of aromatic nitrogens is 3. The summed E-state index contributed by atoms with van der Waals surface area (Å²) >= 11 is 3.32. The van der Waals surface area contributed by atoms with Crippen molar-refractivity contribution in [3.63, 3.8) is 0 Å². The van der Waals surface area contributed by atoms with Crippen molar-refractivity contribution >= 4 is 15.9 Å². The highest BCUT2D eigenvalue weighted by molar-refractivity contribution is 9.10. The van der Waals surface area contributed by atoms with Crippen molar-refractivity contribution < 1.29 is 5.11 Å². The van der Waals surface area contributed by atoms with Gasteiger partial charge in [-0.15, -0.1) is 0 Å². The third kappa shape index (κ3) is 2.68. The summed E-state index contributed by atoms with van der Waals surface area (Å²) in [5, 5.41) is 14.0. The first-order chi connectivity index (χ1) is 7.65. The molecule has 0 radical (unpaired) electrons. The maximum absolute atomic E-state index is 9.95. The first kappa shape index (κ1) is 11.3. The molecule has 4 nitrogen and oxygen atoms in total. The van der Waals surface area contributed by atoms with Crippen molar-refractivity contribution in [1.29, 1.82) is 0 Å². The van der Waals surface area contributed by atoms with E-state index in [1.54, 1.807) is 17.1 Å². The second-order valence-corrected chi connectivity index (χ2v) is 4.55. The van der Waals surface area contributed by atoms with Gasteiger partial charge in [-0.3, -0.25) is 9.67 Å². The average molecular weight is 282 g/mol. The fourth-order valence-corrected chi connectivity index (χ4v) is 1.69. The normalized spacial score (nSPS) is 12.7. The van der Waals surface area contributed by atoms with Gasteiger partial charge in [0.05, 0.1) is 12.3 Å². The molecule has 0 aliphatic rings. The zero-order valence-corrected chi connectivity index (χ0v) is 10.4. The van der Waals surface area contributed by atoms with Crippen LogP contribution < -0.4 is 0 Å². The van der Waals surface area contributed by atoms with Crippen molar-refractivity contribution in [1.82, 2.24) is 14.8 Å². The molecule has 1 atom stereocenters. The largest absolute Gasteiger partial charge is 0.388 e. The van der Waals surface area contributed by atoms with Crippen LogP contribution in [-0.2, 0) is 13.5 Å². The van der Waals surface area contributed by atoms with Crippen LogP contribution in [0.3, 0.4) is 0 Å². The predicted octanol–water partition coefficient (Wildman–Crippen LogP) is 1.85. The van der Waals surface area contributed by atoms with Gasteiger partial charge in [0.15, 0.2) is 0 Å². The molecule has 0 saturated heterocycles. The molecular weight excluding hydrogens is 270 g/mol. The van der Waals surface area contributed by atoms with Gasteiger partial charge in [-0.2, -0.15) is 5.10 Å². The maximum atomic E-state index is 9.95. The molecule has 0 amide bonds. The number of nitrogens with zero attached hydrogens (tertiary/aromatic N) is 3. The second kappa shape index (κ2) is 4.76. The third-order valence-electron chi connectivity index (χ3n) is 2.30. The SMILES string of the molecule is Cn1cc(C(O)Cc2ccc(Br)cn2)cn1. The number of halogens is 1. The van der Waals surface area contributed by atoms with Gasteiger partial charge >= 0.3 is 0 Å². The van der Waals surface area contributed by atoms with E-state index in [0.717, 1.165) is 15.7 Å². The van der Waals surface area contributed by atoms with Gasteiger partial charge in [0.25, 0.3) is 0 Å². The quantitative estimate of drug-likeness (QED) is 0.934. The Morgan fingerprint density at radius 3 is 2.81 bits per heavy atom. The van der Waals surface area contributed by atoms with E-state index in [0.29, 0.717) is 6.42 Å². The molecule has 0 aliphatic heterocycles. The smallest absolute Gasteiger partial charge is 0.0875 e. The molecule has 2 heterocycles. The summed E-state index contributed by atoms with van der Waals surface area (Å²) in [6, 6.07) is 3.81. The lowest BCUT2D eigenvalue weighted by Crippen LogP contribution is -2.02. The van der Waals surface area contributed by atoms with Crippen molar-refractivity contribution in [3.8, 4) is 0 Å². The van der Waals surface area contributed by atoms with Crippen molar-refractivity contribution in [2.24, 2.45) is 7.05 Å². The molecule has 0 aliphatic carbocycles. The van der Waals surface area contributed by atoms with E-state index in [4.69, 9.17) is 0 Å². The zero-order chi connectivity index (χ0) is 11.5. The van der Waals surface area contributed by atoms with Gasteiger partial charge in [0.2, 0.25) is 0 Å². The molecule has 0 saturated carbocycles. The highest BCUT2D eigenvalue weighted by Gasteiger charge is 2.10. The van der Waals surface area contributed by atoms with E-state index in [9.17, 15) is 5.11 Å². The first-order valence-corrected chi connectivity index (χ1v) is 5.71. The van der Waals surface area contributed by atoms with Crippen LogP contribution in [0.5, 0.6) is 0 Å². The Hall–Kier alpha value is -1.20. The first-order valence-electron chi connectivity index (χ1n) is 4.92. The van der Waals surface area contributed by atoms with E-state index in [-0.39, 0.29) is 0 Å². The molecular formula is C11H12BrN3O. The van der Waals surface area contributed by atoms with Crippen LogP contribution in [0.15, 0.2) is 35.2 Å². The van der Waals surface area contributed by atoms with E-state index < -0.39 is 6.10 Å². The van der Waals surface area contributed by atoms with Crippen molar-refractivity contribution in [2.75, 3.05) is 0 Å². The van der Waals surface area contributed by atoms with E-state index in [1.807, 2.05) is 25.4 Å². The summed E-state index contributed by atoms with van der Waals surface area (Å²) < 4.78 is 2.61. The third-order valence-corrected chi connectivity index (χ3v) is 2.77. The molecule has 0 spiro atoms. The standard InChI is InChI=1S/C11H12BrN3O/c1-15-7-8(5-14-15)11(16)4-10-3-2-9(12)6-13-10/h2-3,5-7,11,16H,4H2,1H3. The Bertz CT molecular complexity index is 466. The number of aliphatic hydroxyl groups is 1. The summed E-state index contributed by atoms with van der Waals surface area (Å²) in [6.45, 7) is 0. The number of hydrogen-bond donors (Lipinski definition) is 1. The van der Waals surface area contributed by atoms with Crippen LogP contribution in [0, 0.1) is 0 Å². The summed E-state index contributed by atoms with van der Waals surface area (Å²) in [5.74, 6) is 0.